The zero-order chi connectivity index (χ0) is 32.6. The molecule has 0 radical (unpaired) electrons. The lowest BCUT2D eigenvalue weighted by Crippen LogP contribution is -2.32. The van der Waals surface area contributed by atoms with Crippen molar-refractivity contribution >= 4 is 40.1 Å². The lowest BCUT2D eigenvalue weighted by Gasteiger charge is -2.22. The number of nitrogens with one attached hydrogen (secondary N) is 1. The van der Waals surface area contributed by atoms with Gasteiger partial charge in [-0.1, -0.05) is 55.9 Å². The number of aryl methyl sites for hydroxylation is 1. The summed E-state index contributed by atoms with van der Waals surface area (Å²) in [7, 11) is 0. The van der Waals surface area contributed by atoms with E-state index in [9.17, 15) is 22.8 Å². The van der Waals surface area contributed by atoms with E-state index in [2.05, 4.69) is 39.0 Å². The Morgan fingerprint density at radius 2 is 1.85 bits per heavy atom. The molecule has 1 saturated heterocycles. The van der Waals surface area contributed by atoms with E-state index in [-0.39, 0.29) is 23.3 Å². The van der Waals surface area contributed by atoms with Gasteiger partial charge < -0.3 is 10.1 Å². The number of hydrogen-bond donors (Lipinski definition) is 1. The van der Waals surface area contributed by atoms with Crippen molar-refractivity contribution in [2.75, 3.05) is 17.2 Å². The molecule has 0 atom stereocenters. The summed E-state index contributed by atoms with van der Waals surface area (Å²) in [6.07, 6.45) is -2.54. The van der Waals surface area contributed by atoms with Gasteiger partial charge in [-0.2, -0.15) is 4.99 Å². The number of rotatable bonds is 8. The number of alkyl halides is 3. The second-order valence-corrected chi connectivity index (χ2v) is 12.1. The number of urea groups is 1. The number of amides is 3. The number of hydrogen-bond acceptors (Lipinski definition) is 6. The first-order valence-corrected chi connectivity index (χ1v) is 15.5. The van der Waals surface area contributed by atoms with Crippen LogP contribution >= 0.6 is 11.8 Å². The summed E-state index contributed by atoms with van der Waals surface area (Å²) in [5, 5.41) is 7.70. The van der Waals surface area contributed by atoms with E-state index in [0.29, 0.717) is 23.2 Å². The Morgan fingerprint density at radius 3 is 2.59 bits per heavy atom. The molecule has 0 saturated carbocycles. The molecule has 1 N–H and O–H groups in total. The van der Waals surface area contributed by atoms with E-state index in [1.807, 2.05) is 49.4 Å². The Kier molecular flexibility index (Phi) is 8.43. The first kappa shape index (κ1) is 31.1. The second kappa shape index (κ2) is 12.5. The number of halogens is 3. The molecule has 4 aromatic rings. The van der Waals surface area contributed by atoms with E-state index in [0.717, 1.165) is 45.5 Å². The van der Waals surface area contributed by atoms with Gasteiger partial charge in [0.25, 0.3) is 0 Å². The first-order valence-electron chi connectivity index (χ1n) is 14.5. The highest BCUT2D eigenvalue weighted by Gasteiger charge is 2.33. The van der Waals surface area contributed by atoms with Gasteiger partial charge in [-0.25, -0.2) is 14.5 Å². The number of aliphatic imine (C=N–C) groups is 1. The summed E-state index contributed by atoms with van der Waals surface area (Å²) in [5.74, 6) is 0.436. The quantitative estimate of drug-likeness (QED) is 0.216. The lowest BCUT2D eigenvalue weighted by molar-refractivity contribution is -0.274. The van der Waals surface area contributed by atoms with E-state index >= 15 is 0 Å². The van der Waals surface area contributed by atoms with Crippen LogP contribution in [0.1, 0.15) is 42.9 Å². The van der Waals surface area contributed by atoms with Crippen LogP contribution in [-0.2, 0) is 4.79 Å². The fourth-order valence-electron chi connectivity index (χ4n) is 5.14. The van der Waals surface area contributed by atoms with Crippen molar-refractivity contribution in [1.29, 1.82) is 0 Å². The standard InChI is InChI=1S/C33H29F3N6O3S/c1-19(2)26-12-7-20(3)13-28(26)42-29(43)17-46-32(42)39-31(44)37-16-23-15-27(23)21-5-4-6-22(14-21)30-38-18-41(40-30)24-8-10-25(11-9-24)45-33(34,35)36/h4-14,18-19H,15-17H2,1-3H3,(H,37,44). The highest BCUT2D eigenvalue weighted by Crippen LogP contribution is 2.40. The number of carbonyl (C=O) groups is 2. The Bertz CT molecular complexity index is 1880. The van der Waals surface area contributed by atoms with Gasteiger partial charge in [0, 0.05) is 12.1 Å². The number of aromatic nitrogens is 3. The molecule has 2 heterocycles. The number of ether oxygens (including phenoxy) is 1. The Morgan fingerprint density at radius 1 is 1.09 bits per heavy atom. The minimum atomic E-state index is -4.76. The summed E-state index contributed by atoms with van der Waals surface area (Å²) in [5.41, 5.74) is 7.22. The number of nitrogens with zero attached hydrogens (tertiary/aromatic N) is 5. The van der Waals surface area contributed by atoms with Crippen LogP contribution in [0.3, 0.4) is 0 Å². The molecule has 0 spiro atoms. The monoisotopic (exact) mass is 646 g/mol. The van der Waals surface area contributed by atoms with Gasteiger partial charge in [0.2, 0.25) is 5.91 Å². The van der Waals surface area contributed by atoms with Crippen molar-refractivity contribution in [2.45, 2.75) is 39.5 Å². The maximum atomic E-state index is 12.8. The molecule has 236 valence electrons. The van der Waals surface area contributed by atoms with Gasteiger partial charge in [-0.05, 0) is 83.5 Å². The molecule has 13 heteroatoms. The summed E-state index contributed by atoms with van der Waals surface area (Å²) in [6, 6.07) is 18.5. The molecule has 1 aromatic heterocycles. The van der Waals surface area contributed by atoms with Gasteiger partial charge >= 0.3 is 12.4 Å². The molecule has 1 fully saturated rings. The van der Waals surface area contributed by atoms with Gasteiger partial charge in [0.15, 0.2) is 11.0 Å². The van der Waals surface area contributed by atoms with Crippen molar-refractivity contribution in [3.63, 3.8) is 0 Å². The smallest absolute Gasteiger partial charge is 0.406 e. The van der Waals surface area contributed by atoms with E-state index in [1.54, 1.807) is 4.90 Å². The maximum absolute atomic E-state index is 12.8. The largest absolute Gasteiger partial charge is 0.573 e. The van der Waals surface area contributed by atoms with Gasteiger partial charge in [-0.3, -0.25) is 9.69 Å². The van der Waals surface area contributed by atoms with Crippen LogP contribution in [0.25, 0.3) is 22.6 Å². The number of thioether (sulfide) groups is 1. The Hall–Kier alpha value is -4.91. The Balaban J connectivity index is 1.11. The molecule has 0 unspecified atom stereocenters. The van der Waals surface area contributed by atoms with Gasteiger partial charge in [-0.15, -0.1) is 18.3 Å². The van der Waals surface area contributed by atoms with Crippen molar-refractivity contribution < 1.29 is 27.5 Å². The topological polar surface area (TPSA) is 102 Å². The third-order valence-corrected chi connectivity index (χ3v) is 8.38. The minimum absolute atomic E-state index is 0.108. The molecule has 9 nitrogen and oxygen atoms in total. The van der Waals surface area contributed by atoms with Crippen LogP contribution in [0, 0.1) is 6.92 Å². The minimum Gasteiger partial charge on any atom is -0.406 e. The summed E-state index contributed by atoms with van der Waals surface area (Å²) in [6.45, 7) is 6.42. The number of benzene rings is 3. The third-order valence-electron chi connectivity index (χ3n) is 7.45. The zero-order valence-electron chi connectivity index (χ0n) is 25.1. The Labute approximate surface area is 267 Å². The molecule has 6 rings (SSSR count). The molecule has 3 amide bonds. The predicted molar refractivity (Wildman–Crippen MR) is 171 cm³/mol. The van der Waals surface area contributed by atoms with Crippen LogP contribution in [0.4, 0.5) is 23.7 Å². The van der Waals surface area contributed by atoms with Crippen LogP contribution in [0.15, 0.2) is 83.6 Å². The molecule has 1 aliphatic heterocycles. The second-order valence-electron chi connectivity index (χ2n) is 11.2. The number of amidine groups is 1. The van der Waals surface area contributed by atoms with Crippen molar-refractivity contribution in [1.82, 2.24) is 20.1 Å². The molecule has 0 bridgehead atoms. The van der Waals surface area contributed by atoms with Crippen LogP contribution in [-0.4, -0.2) is 50.5 Å². The fourth-order valence-corrected chi connectivity index (χ4v) is 6.00. The average Bonchev–Trinajstić information content (AvgIpc) is 3.45. The molecule has 46 heavy (non-hydrogen) atoms. The van der Waals surface area contributed by atoms with Crippen LogP contribution in [0.2, 0.25) is 0 Å². The lowest BCUT2D eigenvalue weighted by atomic mass is 9.99. The van der Waals surface area contributed by atoms with Crippen molar-refractivity contribution in [3.05, 3.63) is 95.3 Å². The molecule has 3 aromatic carbocycles. The van der Waals surface area contributed by atoms with Gasteiger partial charge in [0.05, 0.1) is 17.1 Å². The molecule has 1 aliphatic carbocycles. The van der Waals surface area contributed by atoms with E-state index in [4.69, 9.17) is 0 Å². The molecular formula is C33H29F3N6O3S. The highest BCUT2D eigenvalue weighted by molar-refractivity contribution is 8.15. The number of allylic oxidation sites excluding steroid dienone is 1. The SMILES string of the molecule is Cc1ccc(C(C)C)c(N2C(=O)CSC2=NC(=O)NCC2=C(c3cccc(-c4ncn(-c5ccc(OC(F)(F)F)cc5)n4)c3)C2)c1. The van der Waals surface area contributed by atoms with E-state index < -0.39 is 12.4 Å². The molecule has 2 aliphatic rings. The van der Waals surface area contributed by atoms with Crippen molar-refractivity contribution in [2.24, 2.45) is 4.99 Å². The number of anilines is 1. The molecular weight excluding hydrogens is 617 g/mol. The van der Waals surface area contributed by atoms with Crippen molar-refractivity contribution in [3.8, 4) is 22.8 Å². The van der Waals surface area contributed by atoms with Crippen LogP contribution < -0.4 is 15.0 Å². The van der Waals surface area contributed by atoms with Gasteiger partial charge in [0.1, 0.15) is 12.1 Å². The van der Waals surface area contributed by atoms with E-state index in [1.165, 1.54) is 47.0 Å². The number of carbonyl (C=O) groups excluding carboxylic acids is 2. The highest BCUT2D eigenvalue weighted by atomic mass is 32.2. The zero-order valence-corrected chi connectivity index (χ0v) is 25.9. The maximum Gasteiger partial charge on any atom is 0.573 e. The first-order chi connectivity index (χ1) is 21.9. The normalized spacial score (nSPS) is 15.7. The summed E-state index contributed by atoms with van der Waals surface area (Å²) < 4.78 is 42.8. The third kappa shape index (κ3) is 6.99. The summed E-state index contributed by atoms with van der Waals surface area (Å²) in [4.78, 5) is 35.8. The fraction of sp³-hybridized carbons (Fsp3) is 0.242. The predicted octanol–water partition coefficient (Wildman–Crippen LogP) is 7.27. The average molecular weight is 647 g/mol. The van der Waals surface area contributed by atoms with Crippen LogP contribution in [0.5, 0.6) is 5.75 Å². The summed E-state index contributed by atoms with van der Waals surface area (Å²) >= 11 is 1.25.